The molecule has 90 valence electrons. The van der Waals surface area contributed by atoms with Crippen molar-refractivity contribution in [2.45, 2.75) is 32.0 Å². The van der Waals surface area contributed by atoms with Crippen molar-refractivity contribution < 1.29 is 0 Å². The average Bonchev–Trinajstić information content (AvgIpc) is 2.80. The summed E-state index contributed by atoms with van der Waals surface area (Å²) >= 11 is 5.28. The quantitative estimate of drug-likeness (QED) is 0.770. The zero-order valence-corrected chi connectivity index (χ0v) is 12.6. The molecule has 2 nitrogen and oxygen atoms in total. The Labute approximate surface area is 114 Å². The fourth-order valence-corrected chi connectivity index (χ4v) is 2.97. The van der Waals surface area contributed by atoms with E-state index in [4.69, 9.17) is 0 Å². The summed E-state index contributed by atoms with van der Waals surface area (Å²) in [5.74, 6) is 0. The smallest absolute Gasteiger partial charge is 0.142 e. The number of halogens is 1. The Morgan fingerprint density at radius 1 is 1.29 bits per heavy atom. The highest BCUT2D eigenvalue weighted by molar-refractivity contribution is 9.09. The van der Waals surface area contributed by atoms with Crippen LogP contribution in [-0.2, 0) is 0 Å². The molecule has 0 amide bonds. The van der Waals surface area contributed by atoms with Crippen LogP contribution < -0.4 is 0 Å². The number of nitrogens with zero attached hydrogens (tertiary/aromatic N) is 2. The Hall–Kier alpha value is -0.740. The first-order valence-electron chi connectivity index (χ1n) is 5.67. The molecule has 2 rings (SSSR count). The maximum absolute atomic E-state index is 4.30. The van der Waals surface area contributed by atoms with Crippen LogP contribution in [0.2, 0.25) is 0 Å². The zero-order chi connectivity index (χ0) is 12.4. The van der Waals surface area contributed by atoms with E-state index in [9.17, 15) is 0 Å². The highest BCUT2D eigenvalue weighted by Crippen LogP contribution is 2.33. The molecule has 1 unspecified atom stereocenters. The van der Waals surface area contributed by atoms with Crippen molar-refractivity contribution in [1.82, 2.24) is 10.2 Å². The molecule has 1 aromatic carbocycles. The summed E-state index contributed by atoms with van der Waals surface area (Å²) in [4.78, 5) is 0.318. The second kappa shape index (κ2) is 5.27. The van der Waals surface area contributed by atoms with Crippen LogP contribution in [0.5, 0.6) is 0 Å². The monoisotopic (exact) mass is 310 g/mol. The van der Waals surface area contributed by atoms with E-state index in [-0.39, 0.29) is 0 Å². The van der Waals surface area contributed by atoms with Gasteiger partial charge in [-0.25, -0.2) is 0 Å². The van der Waals surface area contributed by atoms with E-state index in [0.29, 0.717) is 4.83 Å². The number of aryl methyl sites for hydroxylation is 2. The van der Waals surface area contributed by atoms with Crippen LogP contribution in [0, 0.1) is 13.8 Å². The summed E-state index contributed by atoms with van der Waals surface area (Å²) in [6.45, 7) is 6.35. The average molecular weight is 311 g/mol. The lowest BCUT2D eigenvalue weighted by molar-refractivity contribution is 0.870. The molecule has 0 saturated carbocycles. The van der Waals surface area contributed by atoms with Gasteiger partial charge < -0.3 is 0 Å². The molecule has 0 aliphatic rings. The molecule has 0 bridgehead atoms. The molecule has 4 heteroatoms. The van der Waals surface area contributed by atoms with E-state index >= 15 is 0 Å². The van der Waals surface area contributed by atoms with Crippen LogP contribution in [0.3, 0.4) is 0 Å². The fourth-order valence-electron chi connectivity index (χ4n) is 1.61. The SMILES string of the molecule is CCC(Br)c1nnc(-c2cc(C)ccc2C)s1. The first kappa shape index (κ1) is 12.7. The fraction of sp³-hybridized carbons (Fsp3) is 0.385. The molecule has 0 radical (unpaired) electrons. The molecular weight excluding hydrogens is 296 g/mol. The molecule has 0 fully saturated rings. The molecule has 1 heterocycles. The Balaban J connectivity index is 2.40. The van der Waals surface area contributed by atoms with Crippen molar-refractivity contribution in [1.29, 1.82) is 0 Å². The Kier molecular flexibility index (Phi) is 3.94. The molecule has 0 saturated heterocycles. The molecule has 2 aromatic rings. The Morgan fingerprint density at radius 3 is 2.76 bits per heavy atom. The van der Waals surface area contributed by atoms with Gasteiger partial charge in [0.15, 0.2) is 0 Å². The van der Waals surface area contributed by atoms with Gasteiger partial charge >= 0.3 is 0 Å². The first-order chi connectivity index (χ1) is 8.11. The third-order valence-electron chi connectivity index (χ3n) is 2.69. The lowest BCUT2D eigenvalue weighted by Crippen LogP contribution is -1.85. The largest absolute Gasteiger partial charge is 0.148 e. The van der Waals surface area contributed by atoms with Gasteiger partial charge in [-0.05, 0) is 31.9 Å². The molecule has 17 heavy (non-hydrogen) atoms. The highest BCUT2D eigenvalue weighted by atomic mass is 79.9. The van der Waals surface area contributed by atoms with E-state index in [1.165, 1.54) is 16.7 Å². The minimum atomic E-state index is 0.318. The van der Waals surface area contributed by atoms with E-state index in [1.54, 1.807) is 11.3 Å². The molecular formula is C13H15BrN2S. The number of benzene rings is 1. The lowest BCUT2D eigenvalue weighted by atomic mass is 10.1. The summed E-state index contributed by atoms with van der Waals surface area (Å²) in [7, 11) is 0. The van der Waals surface area contributed by atoms with Gasteiger partial charge in [0.25, 0.3) is 0 Å². The first-order valence-corrected chi connectivity index (χ1v) is 7.40. The normalized spacial score (nSPS) is 12.7. The van der Waals surface area contributed by atoms with Crippen LogP contribution in [0.15, 0.2) is 18.2 Å². The Bertz CT molecular complexity index is 522. The highest BCUT2D eigenvalue weighted by Gasteiger charge is 2.13. The number of hydrogen-bond donors (Lipinski definition) is 0. The van der Waals surface area contributed by atoms with Crippen LogP contribution in [-0.4, -0.2) is 10.2 Å². The van der Waals surface area contributed by atoms with Crippen molar-refractivity contribution in [3.05, 3.63) is 34.3 Å². The minimum absolute atomic E-state index is 0.318. The van der Waals surface area contributed by atoms with Gasteiger partial charge in [0, 0.05) is 5.56 Å². The molecule has 0 aliphatic carbocycles. The van der Waals surface area contributed by atoms with Gasteiger partial charge in [-0.15, -0.1) is 10.2 Å². The van der Waals surface area contributed by atoms with Gasteiger partial charge in [-0.3, -0.25) is 0 Å². The summed E-state index contributed by atoms with van der Waals surface area (Å²) in [6, 6.07) is 6.44. The lowest BCUT2D eigenvalue weighted by Gasteiger charge is -2.02. The van der Waals surface area contributed by atoms with Gasteiger partial charge in [0.05, 0.1) is 4.83 Å². The van der Waals surface area contributed by atoms with Crippen molar-refractivity contribution in [2.75, 3.05) is 0 Å². The summed E-state index contributed by atoms with van der Waals surface area (Å²) in [6.07, 6.45) is 1.03. The van der Waals surface area contributed by atoms with Crippen molar-refractivity contribution >= 4 is 27.3 Å². The third kappa shape index (κ3) is 2.75. The van der Waals surface area contributed by atoms with Gasteiger partial charge in [-0.1, -0.05) is 51.9 Å². The number of aromatic nitrogens is 2. The maximum Gasteiger partial charge on any atom is 0.148 e. The molecule has 0 aliphatic heterocycles. The zero-order valence-electron chi connectivity index (χ0n) is 10.2. The minimum Gasteiger partial charge on any atom is -0.142 e. The molecule has 0 spiro atoms. The van der Waals surface area contributed by atoms with E-state index in [0.717, 1.165) is 16.4 Å². The van der Waals surface area contributed by atoms with Crippen LogP contribution in [0.1, 0.15) is 34.3 Å². The maximum atomic E-state index is 4.30. The number of rotatable bonds is 3. The second-order valence-corrected chi connectivity index (χ2v) is 6.25. The number of alkyl halides is 1. The predicted molar refractivity (Wildman–Crippen MR) is 76.8 cm³/mol. The summed E-state index contributed by atoms with van der Waals surface area (Å²) < 4.78 is 0. The van der Waals surface area contributed by atoms with E-state index < -0.39 is 0 Å². The van der Waals surface area contributed by atoms with E-state index in [1.807, 2.05) is 0 Å². The summed E-state index contributed by atoms with van der Waals surface area (Å²) in [5, 5.41) is 10.6. The number of hydrogen-bond acceptors (Lipinski definition) is 3. The van der Waals surface area contributed by atoms with Crippen molar-refractivity contribution in [3.8, 4) is 10.6 Å². The van der Waals surface area contributed by atoms with Crippen molar-refractivity contribution in [3.63, 3.8) is 0 Å². The molecule has 0 N–H and O–H groups in total. The molecule has 1 aromatic heterocycles. The van der Waals surface area contributed by atoms with Crippen LogP contribution >= 0.6 is 27.3 Å². The second-order valence-electron chi connectivity index (χ2n) is 4.14. The van der Waals surface area contributed by atoms with Gasteiger partial charge in [-0.2, -0.15) is 0 Å². The van der Waals surface area contributed by atoms with Crippen molar-refractivity contribution in [2.24, 2.45) is 0 Å². The van der Waals surface area contributed by atoms with E-state index in [2.05, 4.69) is 65.1 Å². The predicted octanol–water partition coefficient (Wildman–Crippen LogP) is 4.67. The van der Waals surface area contributed by atoms with Gasteiger partial charge in [0.2, 0.25) is 0 Å². The Morgan fingerprint density at radius 2 is 2.06 bits per heavy atom. The van der Waals surface area contributed by atoms with Crippen LogP contribution in [0.4, 0.5) is 0 Å². The topological polar surface area (TPSA) is 25.8 Å². The van der Waals surface area contributed by atoms with Gasteiger partial charge in [0.1, 0.15) is 10.0 Å². The third-order valence-corrected chi connectivity index (χ3v) is 5.14. The summed E-state index contributed by atoms with van der Waals surface area (Å²) in [5.41, 5.74) is 3.71. The van der Waals surface area contributed by atoms with Crippen LogP contribution in [0.25, 0.3) is 10.6 Å². The molecule has 1 atom stereocenters. The standard InChI is InChI=1S/C13H15BrN2S/c1-4-11(14)13-16-15-12(17-13)10-7-8(2)5-6-9(10)3/h5-7,11H,4H2,1-3H3.